The summed E-state index contributed by atoms with van der Waals surface area (Å²) >= 11 is 0. The Morgan fingerprint density at radius 1 is 1.14 bits per heavy atom. The van der Waals surface area contributed by atoms with Crippen LogP contribution in [0.15, 0.2) is 53.2 Å². The summed E-state index contributed by atoms with van der Waals surface area (Å²) in [6, 6.07) is 12.2. The van der Waals surface area contributed by atoms with Crippen LogP contribution in [-0.2, 0) is 17.5 Å². The number of rotatable bonds is 4. The van der Waals surface area contributed by atoms with Crippen molar-refractivity contribution in [3.63, 3.8) is 0 Å². The van der Waals surface area contributed by atoms with Crippen molar-refractivity contribution in [3.8, 4) is 11.5 Å². The Balaban J connectivity index is 1.84. The number of benzene rings is 2. The van der Waals surface area contributed by atoms with E-state index in [0.717, 1.165) is 12.1 Å². The first kappa shape index (κ1) is 18.7. The smallest absolute Gasteiger partial charge is 0.318 e. The Kier molecular flexibility index (Phi) is 4.53. The van der Waals surface area contributed by atoms with E-state index in [1.54, 1.807) is 34.9 Å². The highest BCUT2D eigenvalue weighted by molar-refractivity contribution is 5.91. The number of amides is 1. The van der Waals surface area contributed by atoms with Crippen LogP contribution in [0.3, 0.4) is 0 Å². The molecule has 1 amide bonds. The van der Waals surface area contributed by atoms with Crippen molar-refractivity contribution in [1.82, 2.24) is 19.9 Å². The molecule has 0 fully saturated rings. The molecule has 0 spiro atoms. The standard InChI is InChI=1S/C19H14F3N5O2/c1-11(28)23-17-16(25-29-26-17)18-24-14-7-2-3-8-15(14)27(18)10-12-5-4-6-13(9-12)19(20,21)22/h2-9H,10H2,1H3,(H,23,26,28). The Labute approximate surface area is 162 Å². The van der Waals surface area contributed by atoms with Gasteiger partial charge in [-0.3, -0.25) is 4.79 Å². The summed E-state index contributed by atoms with van der Waals surface area (Å²) in [4.78, 5) is 15.9. The maximum Gasteiger partial charge on any atom is 0.416 e. The van der Waals surface area contributed by atoms with E-state index in [4.69, 9.17) is 4.63 Å². The van der Waals surface area contributed by atoms with Crippen molar-refractivity contribution in [2.45, 2.75) is 19.6 Å². The molecule has 0 aliphatic rings. The van der Waals surface area contributed by atoms with Gasteiger partial charge in [0, 0.05) is 13.5 Å². The number of para-hydroxylation sites is 2. The van der Waals surface area contributed by atoms with E-state index in [1.165, 1.54) is 13.0 Å². The number of imidazole rings is 1. The van der Waals surface area contributed by atoms with Gasteiger partial charge in [0.05, 0.1) is 16.6 Å². The lowest BCUT2D eigenvalue weighted by molar-refractivity contribution is -0.137. The zero-order valence-electron chi connectivity index (χ0n) is 15.1. The van der Waals surface area contributed by atoms with Gasteiger partial charge in [0.1, 0.15) is 0 Å². The van der Waals surface area contributed by atoms with E-state index < -0.39 is 11.7 Å². The summed E-state index contributed by atoms with van der Waals surface area (Å²) in [7, 11) is 0. The van der Waals surface area contributed by atoms with Crippen molar-refractivity contribution >= 4 is 22.8 Å². The van der Waals surface area contributed by atoms with E-state index in [9.17, 15) is 18.0 Å². The third-order valence-corrected chi connectivity index (χ3v) is 4.24. The summed E-state index contributed by atoms with van der Waals surface area (Å²) in [6.45, 7) is 1.41. The van der Waals surface area contributed by atoms with Crippen LogP contribution in [0.1, 0.15) is 18.1 Å². The van der Waals surface area contributed by atoms with Crippen molar-refractivity contribution in [3.05, 3.63) is 59.7 Å². The highest BCUT2D eigenvalue weighted by atomic mass is 19.4. The largest absolute Gasteiger partial charge is 0.416 e. The monoisotopic (exact) mass is 401 g/mol. The van der Waals surface area contributed by atoms with Gasteiger partial charge in [0.15, 0.2) is 11.5 Å². The number of nitrogens with zero attached hydrogens (tertiary/aromatic N) is 4. The molecule has 29 heavy (non-hydrogen) atoms. The van der Waals surface area contributed by atoms with Crippen LogP contribution in [0, 0.1) is 0 Å². The number of alkyl halides is 3. The van der Waals surface area contributed by atoms with E-state index in [2.05, 4.69) is 20.6 Å². The molecule has 10 heteroatoms. The van der Waals surface area contributed by atoms with Gasteiger partial charge in [-0.2, -0.15) is 13.2 Å². The molecule has 2 aromatic carbocycles. The molecule has 148 valence electrons. The highest BCUT2D eigenvalue weighted by Crippen LogP contribution is 2.32. The number of halogens is 3. The van der Waals surface area contributed by atoms with E-state index in [-0.39, 0.29) is 24.0 Å². The maximum absolute atomic E-state index is 13.1. The number of carbonyl (C=O) groups is 1. The molecular weight excluding hydrogens is 387 g/mol. The summed E-state index contributed by atoms with van der Waals surface area (Å²) in [6.07, 6.45) is -4.44. The van der Waals surface area contributed by atoms with Crippen LogP contribution in [-0.4, -0.2) is 25.8 Å². The molecule has 4 aromatic rings. The van der Waals surface area contributed by atoms with Crippen molar-refractivity contribution in [1.29, 1.82) is 0 Å². The second kappa shape index (κ2) is 7.04. The van der Waals surface area contributed by atoms with Crippen molar-refractivity contribution in [2.75, 3.05) is 5.32 Å². The lowest BCUT2D eigenvalue weighted by Gasteiger charge is -2.11. The van der Waals surface area contributed by atoms with Crippen LogP contribution in [0.25, 0.3) is 22.6 Å². The lowest BCUT2D eigenvalue weighted by atomic mass is 10.1. The number of aromatic nitrogens is 4. The Hall–Kier alpha value is -3.69. The molecule has 0 aliphatic carbocycles. The zero-order chi connectivity index (χ0) is 20.6. The van der Waals surface area contributed by atoms with Crippen LogP contribution in [0.4, 0.5) is 19.0 Å². The Morgan fingerprint density at radius 3 is 2.69 bits per heavy atom. The fraction of sp³-hybridized carbons (Fsp3) is 0.158. The molecule has 4 rings (SSSR count). The third kappa shape index (κ3) is 3.68. The first-order chi connectivity index (χ1) is 13.8. The molecule has 0 aliphatic heterocycles. The van der Waals surface area contributed by atoms with Crippen LogP contribution in [0.2, 0.25) is 0 Å². The van der Waals surface area contributed by atoms with Gasteiger partial charge in [-0.1, -0.05) is 24.3 Å². The number of hydrogen-bond donors (Lipinski definition) is 1. The third-order valence-electron chi connectivity index (χ3n) is 4.24. The second-order valence-electron chi connectivity index (χ2n) is 6.35. The second-order valence-corrected chi connectivity index (χ2v) is 6.35. The maximum atomic E-state index is 13.1. The van der Waals surface area contributed by atoms with Crippen LogP contribution >= 0.6 is 0 Å². The van der Waals surface area contributed by atoms with Gasteiger partial charge in [0.2, 0.25) is 11.7 Å². The molecule has 2 aromatic heterocycles. The van der Waals surface area contributed by atoms with Gasteiger partial charge in [0.25, 0.3) is 0 Å². The molecule has 1 N–H and O–H groups in total. The minimum atomic E-state index is -4.44. The Morgan fingerprint density at radius 2 is 1.93 bits per heavy atom. The van der Waals surface area contributed by atoms with E-state index >= 15 is 0 Å². The highest BCUT2D eigenvalue weighted by Gasteiger charge is 2.30. The first-order valence-electron chi connectivity index (χ1n) is 8.55. The summed E-state index contributed by atoms with van der Waals surface area (Å²) in [5.41, 5.74) is 1.19. The number of nitrogens with one attached hydrogen (secondary N) is 1. The van der Waals surface area contributed by atoms with Crippen LogP contribution < -0.4 is 5.32 Å². The molecular formula is C19H14F3N5O2. The average molecular weight is 401 g/mol. The molecule has 0 radical (unpaired) electrons. The number of fused-ring (bicyclic) bond motifs is 1. The topological polar surface area (TPSA) is 85.8 Å². The van der Waals surface area contributed by atoms with Crippen molar-refractivity contribution in [2.24, 2.45) is 0 Å². The summed E-state index contributed by atoms with van der Waals surface area (Å²) in [5, 5.41) is 10.0. The zero-order valence-corrected chi connectivity index (χ0v) is 15.1. The number of carbonyl (C=O) groups excluding carboxylic acids is 1. The minimum absolute atomic E-state index is 0.0816. The van der Waals surface area contributed by atoms with E-state index in [1.807, 2.05) is 0 Å². The van der Waals surface area contributed by atoms with Crippen molar-refractivity contribution < 1.29 is 22.6 Å². The van der Waals surface area contributed by atoms with Gasteiger partial charge in [-0.25, -0.2) is 9.61 Å². The quantitative estimate of drug-likeness (QED) is 0.556. The number of anilines is 1. The fourth-order valence-corrected chi connectivity index (χ4v) is 3.03. The molecule has 0 saturated heterocycles. The van der Waals surface area contributed by atoms with Gasteiger partial charge >= 0.3 is 6.18 Å². The summed E-state index contributed by atoms with van der Waals surface area (Å²) < 4.78 is 45.7. The normalized spacial score (nSPS) is 11.7. The predicted molar refractivity (Wildman–Crippen MR) is 97.9 cm³/mol. The molecule has 7 nitrogen and oxygen atoms in total. The molecule has 0 bridgehead atoms. The minimum Gasteiger partial charge on any atom is -0.318 e. The predicted octanol–water partition coefficient (Wildman–Crippen LogP) is 4.11. The van der Waals surface area contributed by atoms with E-state index in [0.29, 0.717) is 22.4 Å². The lowest BCUT2D eigenvalue weighted by Crippen LogP contribution is -2.10. The average Bonchev–Trinajstić information content (AvgIpc) is 3.25. The number of hydrogen-bond acceptors (Lipinski definition) is 5. The molecule has 0 unspecified atom stereocenters. The summed E-state index contributed by atoms with van der Waals surface area (Å²) in [5.74, 6) is 0.0224. The van der Waals surface area contributed by atoms with Crippen LogP contribution in [0.5, 0.6) is 0 Å². The molecule has 0 saturated carbocycles. The first-order valence-corrected chi connectivity index (χ1v) is 8.55. The molecule has 0 atom stereocenters. The SMILES string of the molecule is CC(=O)Nc1nonc1-c1nc2ccccc2n1Cc1cccc(C(F)(F)F)c1. The molecule has 2 heterocycles. The fourth-order valence-electron chi connectivity index (χ4n) is 3.03. The van der Waals surface area contributed by atoms with Gasteiger partial charge in [-0.05, 0) is 40.1 Å². The van der Waals surface area contributed by atoms with Gasteiger partial charge in [-0.15, -0.1) is 0 Å². The van der Waals surface area contributed by atoms with Gasteiger partial charge < -0.3 is 9.88 Å². The Bertz CT molecular complexity index is 1200.